The van der Waals surface area contributed by atoms with Crippen molar-refractivity contribution >= 4 is 5.91 Å². The molecule has 4 heteroatoms. The number of hydrogen-bond donors (Lipinski definition) is 2. The van der Waals surface area contributed by atoms with Crippen molar-refractivity contribution in [2.45, 2.75) is 37.8 Å². The van der Waals surface area contributed by atoms with Crippen LogP contribution >= 0.6 is 0 Å². The highest BCUT2D eigenvalue weighted by Crippen LogP contribution is 2.30. The fourth-order valence-corrected chi connectivity index (χ4v) is 2.12. The van der Waals surface area contributed by atoms with E-state index in [0.717, 1.165) is 30.6 Å². The molecule has 1 atom stereocenters. The van der Waals surface area contributed by atoms with E-state index in [2.05, 4.69) is 5.32 Å². The van der Waals surface area contributed by atoms with E-state index in [1.807, 2.05) is 31.2 Å². The molecule has 1 fully saturated rings. The number of nitrogens with two attached hydrogens (primary N) is 1. The van der Waals surface area contributed by atoms with Crippen LogP contribution in [0.2, 0.25) is 0 Å². The lowest BCUT2D eigenvalue weighted by atomic mass is 9.77. The smallest absolute Gasteiger partial charge is 0.240 e. The van der Waals surface area contributed by atoms with Crippen molar-refractivity contribution < 1.29 is 9.53 Å². The monoisotopic (exact) mass is 248 g/mol. The first-order valence-electron chi connectivity index (χ1n) is 6.29. The highest BCUT2D eigenvalue weighted by molar-refractivity contribution is 5.87. The molecular formula is C14H20N2O2. The third kappa shape index (κ3) is 2.48. The molecule has 98 valence electrons. The Morgan fingerprint density at radius 1 is 1.50 bits per heavy atom. The Kier molecular flexibility index (Phi) is 3.57. The molecule has 0 saturated heterocycles. The minimum Gasteiger partial charge on any atom is -0.497 e. The van der Waals surface area contributed by atoms with Crippen LogP contribution < -0.4 is 15.8 Å². The molecule has 2 rings (SSSR count). The Hall–Kier alpha value is -1.55. The Bertz CT molecular complexity index is 441. The van der Waals surface area contributed by atoms with Crippen LogP contribution in [0.3, 0.4) is 0 Å². The Labute approximate surface area is 108 Å². The quantitative estimate of drug-likeness (QED) is 0.853. The number of carbonyl (C=O) groups is 1. The highest BCUT2D eigenvalue weighted by Gasteiger charge is 2.40. The summed E-state index contributed by atoms with van der Waals surface area (Å²) < 4.78 is 5.17. The van der Waals surface area contributed by atoms with Crippen LogP contribution in [0.25, 0.3) is 0 Å². The Morgan fingerprint density at radius 3 is 2.78 bits per heavy atom. The van der Waals surface area contributed by atoms with Gasteiger partial charge in [-0.1, -0.05) is 12.1 Å². The number of ether oxygens (including phenoxy) is 1. The first-order valence-corrected chi connectivity index (χ1v) is 6.29. The summed E-state index contributed by atoms with van der Waals surface area (Å²) in [5.74, 6) is 0.740. The SMILES string of the molecule is COc1cccc([C@H](C)NC(=O)C2(N)CCC2)c1. The molecule has 1 saturated carbocycles. The molecule has 4 nitrogen and oxygen atoms in total. The van der Waals surface area contributed by atoms with Crippen LogP contribution in [0.5, 0.6) is 5.75 Å². The second kappa shape index (κ2) is 4.98. The topological polar surface area (TPSA) is 64.3 Å². The standard InChI is InChI=1S/C14H20N2O2/c1-10(11-5-3-6-12(9-11)18-2)16-13(17)14(15)7-4-8-14/h3,5-6,9-10H,4,7-8,15H2,1-2H3,(H,16,17)/t10-/m0/s1. The second-order valence-corrected chi connectivity index (χ2v) is 4.98. The summed E-state index contributed by atoms with van der Waals surface area (Å²) in [4.78, 5) is 12.0. The summed E-state index contributed by atoms with van der Waals surface area (Å²) in [6.45, 7) is 1.95. The third-order valence-electron chi connectivity index (χ3n) is 3.64. The molecule has 0 spiro atoms. The van der Waals surface area contributed by atoms with Crippen molar-refractivity contribution in [2.75, 3.05) is 7.11 Å². The number of hydrogen-bond acceptors (Lipinski definition) is 3. The summed E-state index contributed by atoms with van der Waals surface area (Å²) in [7, 11) is 1.63. The lowest BCUT2D eigenvalue weighted by Gasteiger charge is -2.37. The molecule has 0 heterocycles. The van der Waals surface area contributed by atoms with Gasteiger partial charge in [-0.05, 0) is 43.9 Å². The van der Waals surface area contributed by atoms with Crippen LogP contribution in [0.15, 0.2) is 24.3 Å². The van der Waals surface area contributed by atoms with Crippen molar-refractivity contribution in [1.29, 1.82) is 0 Å². The van der Waals surface area contributed by atoms with Crippen molar-refractivity contribution in [1.82, 2.24) is 5.32 Å². The minimum absolute atomic E-state index is 0.0518. The maximum Gasteiger partial charge on any atom is 0.240 e. The lowest BCUT2D eigenvalue weighted by Crippen LogP contribution is -2.58. The first-order chi connectivity index (χ1) is 8.55. The van der Waals surface area contributed by atoms with Gasteiger partial charge in [0.1, 0.15) is 5.75 Å². The van der Waals surface area contributed by atoms with Crippen LogP contribution in [-0.4, -0.2) is 18.6 Å². The molecule has 0 radical (unpaired) electrons. The number of benzene rings is 1. The van der Waals surface area contributed by atoms with Crippen LogP contribution in [0.1, 0.15) is 37.8 Å². The normalized spacial score (nSPS) is 18.6. The fraction of sp³-hybridized carbons (Fsp3) is 0.500. The van der Waals surface area contributed by atoms with Crippen LogP contribution in [0, 0.1) is 0 Å². The molecule has 18 heavy (non-hydrogen) atoms. The van der Waals surface area contributed by atoms with E-state index < -0.39 is 5.54 Å². The van der Waals surface area contributed by atoms with Crippen LogP contribution in [-0.2, 0) is 4.79 Å². The summed E-state index contributed by atoms with van der Waals surface area (Å²) in [5.41, 5.74) is 6.37. The fourth-order valence-electron chi connectivity index (χ4n) is 2.12. The average Bonchev–Trinajstić information content (AvgIpc) is 2.35. The van der Waals surface area contributed by atoms with Crippen molar-refractivity contribution in [2.24, 2.45) is 5.73 Å². The highest BCUT2D eigenvalue weighted by atomic mass is 16.5. The van der Waals surface area contributed by atoms with E-state index in [9.17, 15) is 4.79 Å². The number of nitrogens with one attached hydrogen (secondary N) is 1. The van der Waals surface area contributed by atoms with E-state index >= 15 is 0 Å². The molecular weight excluding hydrogens is 228 g/mol. The van der Waals surface area contributed by atoms with Crippen molar-refractivity contribution in [3.63, 3.8) is 0 Å². The maximum absolute atomic E-state index is 12.0. The number of rotatable bonds is 4. The second-order valence-electron chi connectivity index (χ2n) is 4.98. The zero-order valence-corrected chi connectivity index (χ0v) is 10.9. The van der Waals surface area contributed by atoms with Gasteiger partial charge in [0.25, 0.3) is 0 Å². The summed E-state index contributed by atoms with van der Waals surface area (Å²) >= 11 is 0. The van der Waals surface area contributed by atoms with Crippen molar-refractivity contribution in [3.05, 3.63) is 29.8 Å². The molecule has 0 unspecified atom stereocenters. The van der Waals surface area contributed by atoms with Crippen LogP contribution in [0.4, 0.5) is 0 Å². The molecule has 1 aromatic carbocycles. The molecule has 3 N–H and O–H groups in total. The molecule has 1 aliphatic rings. The molecule has 0 aromatic heterocycles. The summed E-state index contributed by atoms with van der Waals surface area (Å²) in [6.07, 6.45) is 2.60. The number of methoxy groups -OCH3 is 1. The predicted octanol–water partition coefficient (Wildman–Crippen LogP) is 1.75. The van der Waals surface area contributed by atoms with Gasteiger partial charge in [0, 0.05) is 0 Å². The average molecular weight is 248 g/mol. The van der Waals surface area contributed by atoms with Gasteiger partial charge in [-0.25, -0.2) is 0 Å². The molecule has 1 amide bonds. The van der Waals surface area contributed by atoms with E-state index in [1.54, 1.807) is 7.11 Å². The van der Waals surface area contributed by atoms with Gasteiger partial charge in [0.2, 0.25) is 5.91 Å². The van der Waals surface area contributed by atoms with Gasteiger partial charge < -0.3 is 15.8 Å². The predicted molar refractivity (Wildman–Crippen MR) is 70.3 cm³/mol. The molecule has 1 aromatic rings. The summed E-state index contributed by atoms with van der Waals surface area (Å²) in [5, 5.41) is 2.97. The van der Waals surface area contributed by atoms with E-state index in [1.165, 1.54) is 0 Å². The van der Waals surface area contributed by atoms with E-state index in [-0.39, 0.29) is 11.9 Å². The molecule has 1 aliphatic carbocycles. The van der Waals surface area contributed by atoms with Crippen molar-refractivity contribution in [3.8, 4) is 5.75 Å². The zero-order valence-electron chi connectivity index (χ0n) is 10.9. The number of amides is 1. The third-order valence-corrected chi connectivity index (χ3v) is 3.64. The lowest BCUT2D eigenvalue weighted by molar-refractivity contribution is -0.129. The zero-order chi connectivity index (χ0) is 13.2. The van der Waals surface area contributed by atoms with Gasteiger partial charge in [0.15, 0.2) is 0 Å². The van der Waals surface area contributed by atoms with Gasteiger partial charge in [-0.2, -0.15) is 0 Å². The van der Waals surface area contributed by atoms with E-state index in [4.69, 9.17) is 10.5 Å². The maximum atomic E-state index is 12.0. The molecule has 0 aliphatic heterocycles. The molecule has 0 bridgehead atoms. The van der Waals surface area contributed by atoms with Gasteiger partial charge in [-0.15, -0.1) is 0 Å². The van der Waals surface area contributed by atoms with E-state index in [0.29, 0.717) is 0 Å². The van der Waals surface area contributed by atoms with Gasteiger partial charge in [-0.3, -0.25) is 4.79 Å². The Balaban J connectivity index is 2.02. The first kappa shape index (κ1) is 12.9. The Morgan fingerprint density at radius 2 is 2.22 bits per heavy atom. The number of carbonyl (C=O) groups excluding carboxylic acids is 1. The minimum atomic E-state index is -0.646. The largest absolute Gasteiger partial charge is 0.497 e. The van der Waals surface area contributed by atoms with Gasteiger partial charge in [0.05, 0.1) is 18.7 Å². The summed E-state index contributed by atoms with van der Waals surface area (Å²) in [6, 6.07) is 7.63. The van der Waals surface area contributed by atoms with Gasteiger partial charge >= 0.3 is 0 Å².